The van der Waals surface area contributed by atoms with Crippen molar-refractivity contribution in [2.24, 2.45) is 0 Å². The molecular formula is C22H17F2N3O5. The highest BCUT2D eigenvalue weighted by Gasteiger charge is 2.48. The number of amides is 4. The molecule has 10 heteroatoms. The predicted octanol–water partition coefficient (Wildman–Crippen LogP) is 1.57. The molecular weight excluding hydrogens is 424 g/mol. The van der Waals surface area contributed by atoms with Crippen molar-refractivity contribution in [1.29, 1.82) is 0 Å². The number of imide groups is 1. The van der Waals surface area contributed by atoms with Gasteiger partial charge in [-0.15, -0.1) is 0 Å². The summed E-state index contributed by atoms with van der Waals surface area (Å²) in [5.41, 5.74) is -0.680. The first-order chi connectivity index (χ1) is 15.3. The Bertz CT molecular complexity index is 1220. The van der Waals surface area contributed by atoms with E-state index in [2.05, 4.69) is 22.5 Å². The molecule has 0 aliphatic carbocycles. The normalized spacial score (nSPS) is 19.1. The van der Waals surface area contributed by atoms with Gasteiger partial charge in [0.2, 0.25) is 5.54 Å². The number of benzene rings is 2. The third kappa shape index (κ3) is 3.58. The molecule has 1 fully saturated rings. The van der Waals surface area contributed by atoms with Crippen molar-refractivity contribution in [3.63, 3.8) is 0 Å². The topological polar surface area (TPSA) is 97.0 Å². The second-order valence-corrected chi connectivity index (χ2v) is 7.21. The van der Waals surface area contributed by atoms with Gasteiger partial charge in [0.05, 0.1) is 26.3 Å². The molecule has 4 amide bonds. The minimum Gasteiger partial charge on any atom is -0.497 e. The fraction of sp³-hybridized carbons (Fsp3) is 0.227. The van der Waals surface area contributed by atoms with E-state index in [1.807, 2.05) is 0 Å². The highest BCUT2D eigenvalue weighted by Crippen LogP contribution is 2.29. The molecule has 2 aromatic rings. The van der Waals surface area contributed by atoms with Gasteiger partial charge in [0.25, 0.3) is 11.8 Å². The van der Waals surface area contributed by atoms with Crippen LogP contribution in [0.2, 0.25) is 0 Å². The van der Waals surface area contributed by atoms with Crippen LogP contribution in [0.4, 0.5) is 13.6 Å². The molecule has 0 aromatic heterocycles. The minimum atomic E-state index is -1.80. The quantitative estimate of drug-likeness (QED) is 0.555. The van der Waals surface area contributed by atoms with Crippen molar-refractivity contribution < 1.29 is 32.6 Å². The maximum Gasteiger partial charge on any atom is 0.323 e. The summed E-state index contributed by atoms with van der Waals surface area (Å²) >= 11 is 0. The van der Waals surface area contributed by atoms with Crippen LogP contribution in [0.1, 0.15) is 21.5 Å². The zero-order valence-electron chi connectivity index (χ0n) is 17.0. The number of rotatable bonds is 4. The molecule has 0 radical (unpaired) electrons. The number of carbonyl (C=O) groups is 3. The van der Waals surface area contributed by atoms with Crippen molar-refractivity contribution in [3.05, 3.63) is 58.7 Å². The summed E-state index contributed by atoms with van der Waals surface area (Å²) in [6.45, 7) is -0.0708. The summed E-state index contributed by atoms with van der Waals surface area (Å²) in [7, 11) is 2.74. The second kappa shape index (κ2) is 7.85. The highest BCUT2D eigenvalue weighted by molar-refractivity contribution is 6.10. The maximum absolute atomic E-state index is 13.7. The lowest BCUT2D eigenvalue weighted by molar-refractivity contribution is -0.122. The summed E-state index contributed by atoms with van der Waals surface area (Å²) in [6.07, 6.45) is 0. The van der Waals surface area contributed by atoms with Gasteiger partial charge < -0.3 is 19.7 Å². The number of nitrogens with one attached hydrogen (secondary N) is 2. The molecule has 2 heterocycles. The first-order valence-electron chi connectivity index (χ1n) is 9.42. The van der Waals surface area contributed by atoms with Gasteiger partial charge in [0.1, 0.15) is 11.5 Å². The standard InChI is InChI=1S/C22H17F2N3O5/c1-31-14-4-3-13-10-27(19(28)15(13)8-14)11-22(20(29)25-21(30)26-22)6-5-12-7-16(23)17(24)9-18(12)32-2/h3-4,7-9H,10-11H2,1-2H3,(H2,25,26,29,30)/t22-/m1/s1. The van der Waals surface area contributed by atoms with Gasteiger partial charge >= 0.3 is 6.03 Å². The molecule has 0 spiro atoms. The molecule has 2 N–H and O–H groups in total. The number of fused-ring (bicyclic) bond motifs is 1. The Kier molecular flexibility index (Phi) is 5.18. The number of urea groups is 1. The third-order valence-electron chi connectivity index (χ3n) is 5.22. The van der Waals surface area contributed by atoms with Gasteiger partial charge in [-0.3, -0.25) is 14.9 Å². The third-order valence-corrected chi connectivity index (χ3v) is 5.22. The SMILES string of the molecule is COc1ccc2c(c1)C(=O)N(C[C@@]1(C#Cc3cc(F)c(F)cc3OC)NC(=O)NC1=O)C2. The number of carbonyl (C=O) groups excluding carboxylic acids is 3. The lowest BCUT2D eigenvalue weighted by atomic mass is 9.99. The Morgan fingerprint density at radius 2 is 1.84 bits per heavy atom. The number of ether oxygens (including phenoxy) is 2. The molecule has 0 saturated carbocycles. The summed E-state index contributed by atoms with van der Waals surface area (Å²) in [4.78, 5) is 38.8. The smallest absolute Gasteiger partial charge is 0.323 e. The number of hydrogen-bond donors (Lipinski definition) is 2. The van der Waals surface area contributed by atoms with Crippen molar-refractivity contribution in [1.82, 2.24) is 15.5 Å². The maximum atomic E-state index is 13.7. The molecule has 2 aliphatic rings. The van der Waals surface area contributed by atoms with Gasteiger partial charge in [-0.05, 0) is 23.8 Å². The van der Waals surface area contributed by atoms with E-state index < -0.39 is 29.1 Å². The van der Waals surface area contributed by atoms with Crippen LogP contribution in [0.15, 0.2) is 30.3 Å². The molecule has 164 valence electrons. The van der Waals surface area contributed by atoms with Crippen LogP contribution in [0, 0.1) is 23.5 Å². The van der Waals surface area contributed by atoms with Crippen LogP contribution < -0.4 is 20.1 Å². The number of hydrogen-bond acceptors (Lipinski definition) is 5. The van der Waals surface area contributed by atoms with Gasteiger partial charge in [-0.25, -0.2) is 13.6 Å². The van der Waals surface area contributed by atoms with Crippen LogP contribution in [0.3, 0.4) is 0 Å². The molecule has 0 unspecified atom stereocenters. The van der Waals surface area contributed by atoms with E-state index in [1.54, 1.807) is 18.2 Å². The van der Waals surface area contributed by atoms with Crippen LogP contribution in [-0.2, 0) is 11.3 Å². The lowest BCUT2D eigenvalue weighted by Gasteiger charge is -2.26. The van der Waals surface area contributed by atoms with Gasteiger partial charge in [-0.1, -0.05) is 17.9 Å². The summed E-state index contributed by atoms with van der Waals surface area (Å²) in [5.74, 6) is 2.27. The van der Waals surface area contributed by atoms with E-state index in [0.717, 1.165) is 17.7 Å². The Labute approximate surface area is 181 Å². The molecule has 1 atom stereocenters. The Balaban J connectivity index is 1.69. The average Bonchev–Trinajstić information content (AvgIpc) is 3.23. The van der Waals surface area contributed by atoms with Gasteiger partial charge in [-0.2, -0.15) is 0 Å². The van der Waals surface area contributed by atoms with Crippen molar-refractivity contribution in [2.75, 3.05) is 20.8 Å². The number of methoxy groups -OCH3 is 2. The van der Waals surface area contributed by atoms with Gasteiger partial charge in [0, 0.05) is 18.2 Å². The van der Waals surface area contributed by atoms with E-state index in [4.69, 9.17) is 9.47 Å². The predicted molar refractivity (Wildman–Crippen MR) is 107 cm³/mol. The van der Waals surface area contributed by atoms with Crippen LogP contribution in [0.25, 0.3) is 0 Å². The molecule has 2 aromatic carbocycles. The van der Waals surface area contributed by atoms with Crippen LogP contribution >= 0.6 is 0 Å². The zero-order chi connectivity index (χ0) is 23.0. The van der Waals surface area contributed by atoms with Crippen LogP contribution in [0.5, 0.6) is 11.5 Å². The molecule has 32 heavy (non-hydrogen) atoms. The van der Waals surface area contributed by atoms with Crippen molar-refractivity contribution in [3.8, 4) is 23.3 Å². The van der Waals surface area contributed by atoms with Gasteiger partial charge in [0.15, 0.2) is 11.6 Å². The average molecular weight is 441 g/mol. The zero-order valence-corrected chi connectivity index (χ0v) is 17.0. The van der Waals surface area contributed by atoms with E-state index in [1.165, 1.54) is 19.1 Å². The monoisotopic (exact) mass is 441 g/mol. The largest absolute Gasteiger partial charge is 0.497 e. The van der Waals surface area contributed by atoms with E-state index in [-0.39, 0.29) is 30.3 Å². The molecule has 4 rings (SSSR count). The number of nitrogens with zero attached hydrogens (tertiary/aromatic N) is 1. The fourth-order valence-electron chi connectivity index (χ4n) is 3.58. The Hall–Kier alpha value is -4.13. The summed E-state index contributed by atoms with van der Waals surface area (Å²) < 4.78 is 37.4. The van der Waals surface area contributed by atoms with Crippen molar-refractivity contribution >= 4 is 17.8 Å². The minimum absolute atomic E-state index is 0.0273. The Morgan fingerprint density at radius 1 is 1.09 bits per heavy atom. The van der Waals surface area contributed by atoms with E-state index in [9.17, 15) is 23.2 Å². The van der Waals surface area contributed by atoms with E-state index >= 15 is 0 Å². The van der Waals surface area contributed by atoms with Crippen molar-refractivity contribution in [2.45, 2.75) is 12.1 Å². The van der Waals surface area contributed by atoms with E-state index in [0.29, 0.717) is 11.3 Å². The Morgan fingerprint density at radius 3 is 2.50 bits per heavy atom. The molecule has 0 bridgehead atoms. The lowest BCUT2D eigenvalue weighted by Crippen LogP contribution is -2.54. The molecule has 8 nitrogen and oxygen atoms in total. The molecule has 1 saturated heterocycles. The number of halogens is 2. The summed E-state index contributed by atoms with van der Waals surface area (Å²) in [5, 5.41) is 4.55. The highest BCUT2D eigenvalue weighted by atomic mass is 19.2. The summed E-state index contributed by atoms with van der Waals surface area (Å²) in [6, 6.07) is 5.91. The first-order valence-corrected chi connectivity index (χ1v) is 9.42. The first kappa shape index (κ1) is 21.1. The second-order valence-electron chi connectivity index (χ2n) is 7.21. The molecule has 2 aliphatic heterocycles. The fourth-order valence-corrected chi connectivity index (χ4v) is 3.58. The van der Waals surface area contributed by atoms with Crippen LogP contribution in [-0.4, -0.2) is 49.0 Å².